The van der Waals surface area contributed by atoms with Crippen LogP contribution < -0.4 is 0 Å². The standard InChI is InChI=1S/C69H39F3N6/c70-69(71,72)59-36-43(41-74)25-30-48(59)47-31-27-44(77-64-23-11-5-17-53(64)57-38-45(28-33-66(57)77)75-60-19-7-1-13-49(60)50-14-2-8-20-61(50)75)37-55(47)56-35-42(40-73)26-32-67(56)78-65-24-12-6-18-54(65)58-39-46(29-34-68(58)78)76-62-21-9-3-15-51(62)52-16-4-10-22-63(52)76/h1-39H. The van der Waals surface area contributed by atoms with Gasteiger partial charge in [-0.2, -0.15) is 23.7 Å². The molecule has 0 aliphatic carbocycles. The molecule has 4 aromatic heterocycles. The van der Waals surface area contributed by atoms with Gasteiger partial charge < -0.3 is 18.3 Å². The number of hydrogen-bond acceptors (Lipinski definition) is 2. The average Bonchev–Trinajstić information content (AvgIpc) is 4.42. The van der Waals surface area contributed by atoms with Gasteiger partial charge in [0.2, 0.25) is 0 Å². The Morgan fingerprint density at radius 1 is 0.282 bits per heavy atom. The van der Waals surface area contributed by atoms with Gasteiger partial charge in [-0.05, 0) is 132 Å². The lowest BCUT2D eigenvalue weighted by molar-refractivity contribution is -0.137. The van der Waals surface area contributed by atoms with Crippen molar-refractivity contribution in [3.05, 3.63) is 253 Å². The summed E-state index contributed by atoms with van der Waals surface area (Å²) in [4.78, 5) is 0. The lowest BCUT2D eigenvalue weighted by Gasteiger charge is -2.21. The zero-order chi connectivity index (χ0) is 52.4. The molecule has 0 atom stereocenters. The summed E-state index contributed by atoms with van der Waals surface area (Å²) in [6.45, 7) is 0. The van der Waals surface area contributed by atoms with Gasteiger partial charge in [0.25, 0.3) is 0 Å². The molecule has 0 saturated heterocycles. The van der Waals surface area contributed by atoms with Gasteiger partial charge >= 0.3 is 6.18 Å². The molecule has 0 saturated carbocycles. The fourth-order valence-corrected chi connectivity index (χ4v) is 12.4. The Hall–Kier alpha value is -10.6. The van der Waals surface area contributed by atoms with E-state index >= 15 is 13.2 Å². The van der Waals surface area contributed by atoms with Gasteiger partial charge in [-0.15, -0.1) is 0 Å². The second-order valence-electron chi connectivity index (χ2n) is 19.8. The normalized spacial score (nSPS) is 12.0. The van der Waals surface area contributed by atoms with Crippen LogP contribution in [0.15, 0.2) is 237 Å². The first-order chi connectivity index (χ1) is 38.2. The maximum Gasteiger partial charge on any atom is 0.417 e. The molecule has 6 nitrogen and oxygen atoms in total. The van der Waals surface area contributed by atoms with Crippen LogP contribution in [0, 0.1) is 22.7 Å². The van der Waals surface area contributed by atoms with Crippen molar-refractivity contribution in [2.75, 3.05) is 0 Å². The number of alkyl halides is 3. The quantitative estimate of drug-likeness (QED) is 0.167. The van der Waals surface area contributed by atoms with E-state index in [0.717, 1.165) is 105 Å². The molecule has 15 rings (SSSR count). The van der Waals surface area contributed by atoms with Crippen LogP contribution in [-0.4, -0.2) is 18.3 Å². The highest BCUT2D eigenvalue weighted by Gasteiger charge is 2.35. The molecule has 0 aliphatic rings. The van der Waals surface area contributed by atoms with Gasteiger partial charge in [0, 0.05) is 65.7 Å². The number of rotatable bonds is 6. The van der Waals surface area contributed by atoms with Crippen LogP contribution >= 0.6 is 0 Å². The molecular formula is C69H39F3N6. The van der Waals surface area contributed by atoms with E-state index in [1.165, 1.54) is 12.1 Å². The van der Waals surface area contributed by atoms with Crippen molar-refractivity contribution in [3.8, 4) is 57.1 Å². The van der Waals surface area contributed by atoms with Crippen LogP contribution in [0.2, 0.25) is 0 Å². The third-order valence-corrected chi connectivity index (χ3v) is 15.7. The highest BCUT2D eigenvalue weighted by molar-refractivity contribution is 6.14. The van der Waals surface area contributed by atoms with Crippen LogP contribution in [0.1, 0.15) is 16.7 Å². The third-order valence-electron chi connectivity index (χ3n) is 15.7. The summed E-state index contributed by atoms with van der Waals surface area (Å²) in [6, 6.07) is 81.9. The smallest absolute Gasteiger partial charge is 0.309 e. The maximum atomic E-state index is 15.5. The first-order valence-corrected chi connectivity index (χ1v) is 25.6. The van der Waals surface area contributed by atoms with Gasteiger partial charge in [0.15, 0.2) is 0 Å². The molecule has 0 N–H and O–H groups in total. The first kappa shape index (κ1) is 44.8. The van der Waals surface area contributed by atoms with Crippen molar-refractivity contribution in [1.82, 2.24) is 18.3 Å². The summed E-state index contributed by atoms with van der Waals surface area (Å²) in [5.41, 5.74) is 11.8. The first-order valence-electron chi connectivity index (χ1n) is 25.6. The largest absolute Gasteiger partial charge is 0.417 e. The molecule has 4 heterocycles. The molecule has 9 heteroatoms. The second kappa shape index (κ2) is 17.0. The number of nitriles is 2. The fourth-order valence-electron chi connectivity index (χ4n) is 12.4. The number of para-hydroxylation sites is 6. The molecule has 0 bridgehead atoms. The molecule has 0 spiro atoms. The van der Waals surface area contributed by atoms with E-state index in [4.69, 9.17) is 0 Å². The summed E-state index contributed by atoms with van der Waals surface area (Å²) >= 11 is 0. The summed E-state index contributed by atoms with van der Waals surface area (Å²) in [7, 11) is 0. The number of nitrogens with zero attached hydrogens (tertiary/aromatic N) is 6. The van der Waals surface area contributed by atoms with Crippen molar-refractivity contribution in [2.24, 2.45) is 0 Å². The van der Waals surface area contributed by atoms with Crippen LogP contribution in [0.4, 0.5) is 13.2 Å². The SMILES string of the molecule is N#Cc1ccc(-n2c3ccccc3c3cc(-n4c5ccccc5c5ccccc54)ccc32)c(-c2cc(-n3c4ccccc4c4cc(-n5c6ccccc6c6ccccc65)ccc43)ccc2-c2ccc(C#N)cc2C(F)(F)F)c1. The van der Waals surface area contributed by atoms with E-state index in [1.807, 2.05) is 48.5 Å². The van der Waals surface area contributed by atoms with Crippen LogP contribution in [0.25, 0.3) is 132 Å². The average molecular weight is 1010 g/mol. The zero-order valence-corrected chi connectivity index (χ0v) is 41.3. The van der Waals surface area contributed by atoms with Crippen molar-refractivity contribution in [3.63, 3.8) is 0 Å². The van der Waals surface area contributed by atoms with E-state index in [0.29, 0.717) is 28.1 Å². The predicted octanol–water partition coefficient (Wildman–Crippen LogP) is 18.2. The summed E-state index contributed by atoms with van der Waals surface area (Å²) in [6.07, 6.45) is -4.81. The number of halogens is 3. The molecule has 11 aromatic carbocycles. The van der Waals surface area contributed by atoms with Gasteiger partial charge in [-0.3, -0.25) is 0 Å². The van der Waals surface area contributed by atoms with E-state index in [2.05, 4.69) is 182 Å². The van der Waals surface area contributed by atoms with E-state index in [9.17, 15) is 10.5 Å². The third kappa shape index (κ3) is 6.62. The van der Waals surface area contributed by atoms with Crippen LogP contribution in [0.5, 0.6) is 0 Å². The minimum Gasteiger partial charge on any atom is -0.309 e. The fraction of sp³-hybridized carbons (Fsp3) is 0.0145. The van der Waals surface area contributed by atoms with Crippen molar-refractivity contribution < 1.29 is 13.2 Å². The Bertz CT molecular complexity index is 5020. The predicted molar refractivity (Wildman–Crippen MR) is 309 cm³/mol. The number of fused-ring (bicyclic) bond motifs is 12. The molecule has 0 radical (unpaired) electrons. The lowest BCUT2D eigenvalue weighted by atomic mass is 9.89. The Balaban J connectivity index is 0.994. The molecule has 0 fully saturated rings. The van der Waals surface area contributed by atoms with Gasteiger partial charge in [0.05, 0.1) is 78.6 Å². The maximum absolute atomic E-state index is 15.5. The minimum absolute atomic E-state index is 0.0903. The Kier molecular flexibility index (Phi) is 9.75. The van der Waals surface area contributed by atoms with Crippen LogP contribution in [0.3, 0.4) is 0 Å². The zero-order valence-electron chi connectivity index (χ0n) is 41.3. The summed E-state index contributed by atoms with van der Waals surface area (Å²) < 4.78 is 55.3. The van der Waals surface area contributed by atoms with Crippen LogP contribution in [-0.2, 0) is 6.18 Å². The highest BCUT2D eigenvalue weighted by atomic mass is 19.4. The summed E-state index contributed by atoms with van der Waals surface area (Å²) in [5, 5.41) is 29.1. The van der Waals surface area contributed by atoms with E-state index in [1.54, 1.807) is 18.2 Å². The topological polar surface area (TPSA) is 67.3 Å². The minimum atomic E-state index is -4.81. The molecular weight excluding hydrogens is 970 g/mol. The molecule has 366 valence electrons. The molecule has 78 heavy (non-hydrogen) atoms. The number of benzene rings is 11. The molecule has 0 amide bonds. The van der Waals surface area contributed by atoms with E-state index < -0.39 is 11.7 Å². The number of aromatic nitrogens is 4. The summed E-state index contributed by atoms with van der Waals surface area (Å²) in [5.74, 6) is 0. The van der Waals surface area contributed by atoms with E-state index in [-0.39, 0.29) is 16.7 Å². The Labute approximate surface area is 443 Å². The second-order valence-corrected chi connectivity index (χ2v) is 19.8. The molecule has 0 unspecified atom stereocenters. The van der Waals surface area contributed by atoms with Gasteiger partial charge in [-0.1, -0.05) is 121 Å². The number of hydrogen-bond donors (Lipinski definition) is 0. The van der Waals surface area contributed by atoms with Crippen molar-refractivity contribution in [2.45, 2.75) is 6.18 Å². The molecule has 15 aromatic rings. The van der Waals surface area contributed by atoms with Crippen molar-refractivity contribution in [1.29, 1.82) is 10.5 Å². The monoisotopic (exact) mass is 1010 g/mol. The van der Waals surface area contributed by atoms with Gasteiger partial charge in [-0.25, -0.2) is 0 Å². The highest BCUT2D eigenvalue weighted by Crippen LogP contribution is 2.47. The Morgan fingerprint density at radius 3 is 1.08 bits per heavy atom. The lowest BCUT2D eigenvalue weighted by Crippen LogP contribution is -2.08. The Morgan fingerprint density at radius 2 is 0.628 bits per heavy atom. The van der Waals surface area contributed by atoms with Crippen molar-refractivity contribution >= 4 is 87.2 Å². The molecule has 0 aliphatic heterocycles. The van der Waals surface area contributed by atoms with Gasteiger partial charge in [0.1, 0.15) is 0 Å².